The Bertz CT molecular complexity index is 1250. The fourth-order valence-corrected chi connectivity index (χ4v) is 4.65. The number of fused-ring (bicyclic) bond motifs is 1. The Balaban J connectivity index is 1.45. The molecule has 1 amide bonds. The molecular formula is C23H24N6O3S. The maximum atomic E-state index is 12.7. The zero-order valence-corrected chi connectivity index (χ0v) is 19.3. The zero-order chi connectivity index (χ0) is 22.8. The highest BCUT2D eigenvalue weighted by Crippen LogP contribution is 2.28. The van der Waals surface area contributed by atoms with Gasteiger partial charge in [-0.3, -0.25) is 4.79 Å². The van der Waals surface area contributed by atoms with E-state index in [2.05, 4.69) is 10.00 Å². The number of aromatic nitrogens is 4. The van der Waals surface area contributed by atoms with Gasteiger partial charge in [-0.1, -0.05) is 6.07 Å². The molecule has 1 aliphatic rings. The number of hydrogen-bond donors (Lipinski definition) is 0. The molecular weight excluding hydrogens is 440 g/mol. The van der Waals surface area contributed by atoms with Crippen LogP contribution in [0.15, 0.2) is 48.0 Å². The van der Waals surface area contributed by atoms with Crippen LogP contribution in [0.3, 0.4) is 0 Å². The van der Waals surface area contributed by atoms with Crippen molar-refractivity contribution in [3.05, 3.63) is 58.7 Å². The molecule has 0 atom stereocenters. The summed E-state index contributed by atoms with van der Waals surface area (Å²) in [6, 6.07) is 11.5. The predicted octanol–water partition coefficient (Wildman–Crippen LogP) is 2.99. The first-order valence-electron chi connectivity index (χ1n) is 10.6. The van der Waals surface area contributed by atoms with E-state index in [0.717, 1.165) is 27.5 Å². The van der Waals surface area contributed by atoms with Crippen molar-refractivity contribution >= 4 is 34.1 Å². The van der Waals surface area contributed by atoms with Crippen LogP contribution in [0.1, 0.15) is 15.5 Å². The number of thiophene rings is 1. The van der Waals surface area contributed by atoms with E-state index in [1.165, 1.54) is 11.3 Å². The third kappa shape index (κ3) is 4.14. The van der Waals surface area contributed by atoms with Gasteiger partial charge in [0.15, 0.2) is 11.5 Å². The lowest BCUT2D eigenvalue weighted by Crippen LogP contribution is -2.49. The van der Waals surface area contributed by atoms with E-state index in [1.807, 2.05) is 46.7 Å². The van der Waals surface area contributed by atoms with Crippen molar-refractivity contribution in [2.45, 2.75) is 6.61 Å². The second kappa shape index (κ2) is 9.16. The summed E-state index contributed by atoms with van der Waals surface area (Å²) in [6.07, 6.45) is 1.80. The summed E-state index contributed by atoms with van der Waals surface area (Å²) in [4.78, 5) is 27.1. The Morgan fingerprint density at radius 2 is 1.85 bits per heavy atom. The van der Waals surface area contributed by atoms with Crippen molar-refractivity contribution in [1.29, 1.82) is 0 Å². The number of nitrogens with zero attached hydrogens (tertiary/aromatic N) is 6. The van der Waals surface area contributed by atoms with E-state index in [1.54, 1.807) is 25.1 Å². The van der Waals surface area contributed by atoms with Gasteiger partial charge in [0.2, 0.25) is 0 Å². The van der Waals surface area contributed by atoms with Crippen LogP contribution in [-0.4, -0.2) is 71.0 Å². The number of methoxy groups -OCH3 is 2. The first-order valence-corrected chi connectivity index (χ1v) is 11.5. The molecule has 4 heterocycles. The average molecular weight is 465 g/mol. The fraction of sp³-hybridized carbons (Fsp3) is 0.304. The van der Waals surface area contributed by atoms with Crippen molar-refractivity contribution in [3.8, 4) is 11.4 Å². The van der Waals surface area contributed by atoms with Crippen LogP contribution in [0, 0.1) is 0 Å². The van der Waals surface area contributed by atoms with Gasteiger partial charge < -0.3 is 19.3 Å². The van der Waals surface area contributed by atoms with E-state index in [4.69, 9.17) is 19.4 Å². The third-order valence-corrected chi connectivity index (χ3v) is 6.50. The van der Waals surface area contributed by atoms with E-state index in [0.29, 0.717) is 44.3 Å². The number of benzene rings is 1. The largest absolute Gasteiger partial charge is 0.497 e. The molecule has 1 fully saturated rings. The quantitative estimate of drug-likeness (QED) is 0.434. The number of hydrogen-bond acceptors (Lipinski definition) is 8. The number of anilines is 1. The molecule has 0 spiro atoms. The van der Waals surface area contributed by atoms with Crippen LogP contribution in [0.4, 0.5) is 5.82 Å². The first kappa shape index (κ1) is 21.4. The lowest BCUT2D eigenvalue weighted by molar-refractivity contribution is 0.0751. The Labute approximate surface area is 195 Å². The standard InChI is InChI=1S/C23H24N6O3S/c1-31-15-20-25-21(27-9-11-28(12-10-27)23(30)19-4-3-13-33-19)18-14-24-29(22(18)26-20)16-5-7-17(32-2)8-6-16/h3-8,13-14H,9-12,15H2,1-2H3. The van der Waals surface area contributed by atoms with Gasteiger partial charge in [-0.05, 0) is 35.7 Å². The molecule has 9 nitrogen and oxygen atoms in total. The lowest BCUT2D eigenvalue weighted by Gasteiger charge is -2.35. The highest BCUT2D eigenvalue weighted by molar-refractivity contribution is 7.12. The predicted molar refractivity (Wildman–Crippen MR) is 126 cm³/mol. The normalized spacial score (nSPS) is 14.1. The van der Waals surface area contributed by atoms with Crippen LogP contribution in [-0.2, 0) is 11.3 Å². The van der Waals surface area contributed by atoms with Crippen molar-refractivity contribution in [3.63, 3.8) is 0 Å². The average Bonchev–Trinajstić information content (AvgIpc) is 3.54. The molecule has 0 N–H and O–H groups in total. The summed E-state index contributed by atoms with van der Waals surface area (Å²) < 4.78 is 12.4. The van der Waals surface area contributed by atoms with Gasteiger partial charge in [0.1, 0.15) is 18.2 Å². The van der Waals surface area contributed by atoms with Crippen LogP contribution >= 0.6 is 11.3 Å². The molecule has 0 bridgehead atoms. The maximum Gasteiger partial charge on any atom is 0.264 e. The smallest absolute Gasteiger partial charge is 0.264 e. The molecule has 0 saturated carbocycles. The van der Waals surface area contributed by atoms with Gasteiger partial charge in [0.25, 0.3) is 5.91 Å². The number of carbonyl (C=O) groups is 1. The van der Waals surface area contributed by atoms with Crippen molar-refractivity contribution in [2.24, 2.45) is 0 Å². The van der Waals surface area contributed by atoms with Crippen LogP contribution in [0.5, 0.6) is 5.75 Å². The molecule has 1 saturated heterocycles. The summed E-state index contributed by atoms with van der Waals surface area (Å²) >= 11 is 1.48. The number of amides is 1. The molecule has 1 aliphatic heterocycles. The minimum Gasteiger partial charge on any atom is -0.497 e. The minimum atomic E-state index is 0.0879. The van der Waals surface area contributed by atoms with Crippen LogP contribution < -0.4 is 9.64 Å². The molecule has 170 valence electrons. The SMILES string of the molecule is COCc1nc(N2CCN(C(=O)c3cccs3)CC2)c2cnn(-c3ccc(OC)cc3)c2n1. The first-order chi connectivity index (χ1) is 16.2. The molecule has 5 rings (SSSR count). The molecule has 0 unspecified atom stereocenters. The van der Waals surface area contributed by atoms with Crippen LogP contribution in [0.2, 0.25) is 0 Å². The van der Waals surface area contributed by atoms with Crippen molar-refractivity contribution in [1.82, 2.24) is 24.6 Å². The molecule has 10 heteroatoms. The van der Waals surface area contributed by atoms with Crippen LogP contribution in [0.25, 0.3) is 16.7 Å². The van der Waals surface area contributed by atoms with Gasteiger partial charge in [-0.15, -0.1) is 11.3 Å². The van der Waals surface area contributed by atoms with E-state index in [-0.39, 0.29) is 5.91 Å². The molecule has 33 heavy (non-hydrogen) atoms. The van der Waals surface area contributed by atoms with E-state index in [9.17, 15) is 4.79 Å². The monoisotopic (exact) mass is 464 g/mol. The second-order valence-corrected chi connectivity index (χ2v) is 8.59. The summed E-state index contributed by atoms with van der Waals surface area (Å²) in [5, 5.41) is 7.39. The minimum absolute atomic E-state index is 0.0879. The van der Waals surface area contributed by atoms with Crippen molar-refractivity contribution in [2.75, 3.05) is 45.3 Å². The number of carbonyl (C=O) groups excluding carboxylic acids is 1. The third-order valence-electron chi connectivity index (χ3n) is 5.64. The molecule has 1 aromatic carbocycles. The number of ether oxygens (including phenoxy) is 2. The van der Waals surface area contributed by atoms with E-state index >= 15 is 0 Å². The second-order valence-electron chi connectivity index (χ2n) is 7.64. The van der Waals surface area contributed by atoms with Gasteiger partial charge in [0, 0.05) is 33.3 Å². The summed E-state index contributed by atoms with van der Waals surface area (Å²) in [6.45, 7) is 2.93. The Morgan fingerprint density at radius 1 is 1.06 bits per heavy atom. The summed E-state index contributed by atoms with van der Waals surface area (Å²) in [7, 11) is 3.27. The molecule has 0 aliphatic carbocycles. The molecule has 4 aromatic rings. The highest BCUT2D eigenvalue weighted by atomic mass is 32.1. The van der Waals surface area contributed by atoms with Gasteiger partial charge in [0.05, 0.1) is 29.3 Å². The molecule has 0 radical (unpaired) electrons. The summed E-state index contributed by atoms with van der Waals surface area (Å²) in [5.41, 5.74) is 1.60. The molecule has 3 aromatic heterocycles. The summed E-state index contributed by atoms with van der Waals surface area (Å²) in [5.74, 6) is 2.27. The Kier molecular flexibility index (Phi) is 5.93. The highest BCUT2D eigenvalue weighted by Gasteiger charge is 2.26. The van der Waals surface area contributed by atoms with Gasteiger partial charge in [-0.2, -0.15) is 5.10 Å². The number of piperazine rings is 1. The Morgan fingerprint density at radius 3 is 2.52 bits per heavy atom. The Hall–Kier alpha value is -3.50. The zero-order valence-electron chi connectivity index (χ0n) is 18.5. The maximum absolute atomic E-state index is 12.7. The van der Waals surface area contributed by atoms with Gasteiger partial charge >= 0.3 is 0 Å². The van der Waals surface area contributed by atoms with E-state index < -0.39 is 0 Å². The van der Waals surface area contributed by atoms with Crippen molar-refractivity contribution < 1.29 is 14.3 Å². The fourth-order valence-electron chi connectivity index (χ4n) is 3.96. The topological polar surface area (TPSA) is 85.6 Å². The number of rotatable bonds is 6. The van der Waals surface area contributed by atoms with Gasteiger partial charge in [-0.25, -0.2) is 14.6 Å². The lowest BCUT2D eigenvalue weighted by atomic mass is 10.2.